The average Bonchev–Trinajstić information content (AvgIpc) is 3.75. The van der Waals surface area contributed by atoms with Crippen LogP contribution in [0.25, 0.3) is 32.1 Å². The van der Waals surface area contributed by atoms with Crippen LogP contribution in [0.2, 0.25) is 5.02 Å². The number of fused-ring (bicyclic) bond motifs is 5. The van der Waals surface area contributed by atoms with E-state index in [0.29, 0.717) is 37.0 Å². The zero-order valence-corrected chi connectivity index (χ0v) is 26.7. The van der Waals surface area contributed by atoms with Crippen LogP contribution in [0.5, 0.6) is 11.8 Å². The van der Waals surface area contributed by atoms with Crippen molar-refractivity contribution < 1.29 is 23.0 Å². The quantitative estimate of drug-likeness (QED) is 0.257. The number of hydrogen-bond acceptors (Lipinski definition) is 10. The lowest BCUT2D eigenvalue weighted by molar-refractivity contribution is -0.123. The summed E-state index contributed by atoms with van der Waals surface area (Å²) in [7, 11) is 2.05. The molecule has 2 fully saturated rings. The minimum Gasteiger partial charge on any atom is -0.489 e. The Morgan fingerprint density at radius 3 is 2.78 bits per heavy atom. The van der Waals surface area contributed by atoms with E-state index in [1.165, 1.54) is 12.1 Å². The number of thiophene rings is 1. The number of hydrogen-bond donors (Lipinski definition) is 1. The topological polar surface area (TPSA) is 118 Å². The molecule has 1 saturated heterocycles. The van der Waals surface area contributed by atoms with Gasteiger partial charge in [0.05, 0.1) is 27.2 Å². The number of nitriles is 1. The molecule has 2 aromatic heterocycles. The molecule has 2 N–H and O–H groups in total. The van der Waals surface area contributed by atoms with Crippen molar-refractivity contribution >= 4 is 60.5 Å². The fourth-order valence-corrected chi connectivity index (χ4v) is 9.26. The summed E-state index contributed by atoms with van der Waals surface area (Å²) in [6, 6.07) is 4.75. The lowest BCUT2D eigenvalue weighted by atomic mass is 9.94. The molecule has 3 aliphatic heterocycles. The first kappa shape index (κ1) is 29.6. The van der Waals surface area contributed by atoms with Crippen molar-refractivity contribution in [2.24, 2.45) is 5.92 Å². The van der Waals surface area contributed by atoms with Crippen molar-refractivity contribution in [1.82, 2.24) is 14.9 Å². The predicted molar refractivity (Wildman–Crippen MR) is 173 cm³/mol. The number of carbonyl (C=O) groups excluding carboxylic acids is 1. The van der Waals surface area contributed by atoms with Gasteiger partial charge in [-0.1, -0.05) is 17.7 Å². The van der Waals surface area contributed by atoms with Gasteiger partial charge >= 0.3 is 6.01 Å². The molecule has 4 unspecified atom stereocenters. The van der Waals surface area contributed by atoms with Gasteiger partial charge in [-0.2, -0.15) is 15.2 Å². The Bertz CT molecular complexity index is 1980. The molecule has 1 aliphatic carbocycles. The Morgan fingerprint density at radius 2 is 2.00 bits per heavy atom. The standard InChI is InChI=1S/C33H31ClF2N6O3S/c1-41-10-2-3-20(41)22-9-8-21(43)15-4-5-16(13-15)42-11-12-44-29-25-28(39-33(45-22)40-32(25)42)27(36)24(26(29)34)17-6-7-19(35)30-23(17)18(14-37)31(38)46-30/h6-7,15-16,20,22H,2-5,8-13,38H2,1H3. The van der Waals surface area contributed by atoms with Gasteiger partial charge in [0.15, 0.2) is 11.6 Å². The Labute approximate surface area is 272 Å². The van der Waals surface area contributed by atoms with E-state index in [0.717, 1.165) is 43.6 Å². The van der Waals surface area contributed by atoms with Crippen LogP contribution >= 0.6 is 22.9 Å². The van der Waals surface area contributed by atoms with Gasteiger partial charge in [-0.05, 0) is 63.7 Å². The van der Waals surface area contributed by atoms with E-state index >= 15 is 4.39 Å². The summed E-state index contributed by atoms with van der Waals surface area (Å²) < 4.78 is 45.1. The third-order valence-electron chi connectivity index (χ3n) is 10.2. The number of nitrogen functional groups attached to an aromatic ring is 1. The van der Waals surface area contributed by atoms with E-state index in [9.17, 15) is 14.4 Å². The number of benzene rings is 2. The van der Waals surface area contributed by atoms with E-state index < -0.39 is 11.6 Å². The average molecular weight is 665 g/mol. The largest absolute Gasteiger partial charge is 0.489 e. The number of halogens is 3. The highest BCUT2D eigenvalue weighted by Crippen LogP contribution is 2.51. The third kappa shape index (κ3) is 4.50. The second-order valence-corrected chi connectivity index (χ2v) is 14.1. The summed E-state index contributed by atoms with van der Waals surface area (Å²) >= 11 is 7.96. The second kappa shape index (κ2) is 11.2. The number of likely N-dealkylation sites (N-methyl/N-ethyl adjacent to an activating group) is 1. The fraction of sp³-hybridized carbons (Fsp3) is 0.455. The zero-order valence-electron chi connectivity index (χ0n) is 25.1. The van der Waals surface area contributed by atoms with E-state index in [1.54, 1.807) is 0 Å². The highest BCUT2D eigenvalue weighted by Gasteiger charge is 2.40. The van der Waals surface area contributed by atoms with E-state index in [1.807, 2.05) is 13.1 Å². The van der Waals surface area contributed by atoms with Crippen molar-refractivity contribution in [2.75, 3.05) is 37.4 Å². The van der Waals surface area contributed by atoms with Crippen LogP contribution in [0.1, 0.15) is 50.5 Å². The molecule has 0 amide bonds. The molecular weight excluding hydrogens is 634 g/mol. The van der Waals surface area contributed by atoms with Gasteiger partial charge in [-0.15, -0.1) is 11.3 Å². The molecule has 13 heteroatoms. The Balaban J connectivity index is 1.39. The number of rotatable bonds is 2. The Morgan fingerprint density at radius 1 is 1.15 bits per heavy atom. The van der Waals surface area contributed by atoms with Gasteiger partial charge in [-0.3, -0.25) is 9.69 Å². The summed E-state index contributed by atoms with van der Waals surface area (Å²) in [5.41, 5.74) is 6.27. The van der Waals surface area contributed by atoms with Gasteiger partial charge in [0, 0.05) is 35.4 Å². The van der Waals surface area contributed by atoms with Crippen molar-refractivity contribution in [3.8, 4) is 29.0 Å². The molecule has 4 aromatic rings. The Hall–Kier alpha value is -3.79. The van der Waals surface area contributed by atoms with Crippen molar-refractivity contribution in [1.29, 1.82) is 5.26 Å². The number of ketones is 1. The maximum atomic E-state index is 17.2. The van der Waals surface area contributed by atoms with Crippen LogP contribution in [0.15, 0.2) is 12.1 Å². The van der Waals surface area contributed by atoms with Gasteiger partial charge in [0.2, 0.25) is 0 Å². The molecular formula is C33H31ClF2N6O3S. The molecule has 238 valence electrons. The van der Waals surface area contributed by atoms with Crippen molar-refractivity contribution in [3.63, 3.8) is 0 Å². The van der Waals surface area contributed by atoms with Crippen LogP contribution < -0.4 is 20.1 Å². The maximum Gasteiger partial charge on any atom is 0.319 e. The molecule has 0 radical (unpaired) electrons. The number of nitrogens with two attached hydrogens (primary N) is 1. The number of anilines is 2. The lowest BCUT2D eigenvalue weighted by Gasteiger charge is -2.32. The summed E-state index contributed by atoms with van der Waals surface area (Å²) in [6.45, 7) is 1.58. The van der Waals surface area contributed by atoms with Crippen LogP contribution in [0.4, 0.5) is 19.6 Å². The summed E-state index contributed by atoms with van der Waals surface area (Å²) in [5.74, 6) is -0.459. The summed E-state index contributed by atoms with van der Waals surface area (Å²) in [5, 5.41) is 10.5. The first-order valence-electron chi connectivity index (χ1n) is 15.7. The third-order valence-corrected chi connectivity index (χ3v) is 11.6. The minimum atomic E-state index is -0.759. The number of aromatic nitrogens is 2. The summed E-state index contributed by atoms with van der Waals surface area (Å²) in [6.07, 6.45) is 4.73. The highest BCUT2D eigenvalue weighted by atomic mass is 35.5. The summed E-state index contributed by atoms with van der Waals surface area (Å²) in [4.78, 5) is 27.3. The van der Waals surface area contributed by atoms with E-state index in [4.69, 9.17) is 31.8 Å². The molecule has 8 rings (SSSR count). The number of Topliss-reactive ketones (excluding diaryl/α,β-unsaturated/α-hetero) is 1. The first-order chi connectivity index (χ1) is 22.2. The monoisotopic (exact) mass is 664 g/mol. The van der Waals surface area contributed by atoms with Gasteiger partial charge in [0.25, 0.3) is 0 Å². The van der Waals surface area contributed by atoms with Gasteiger partial charge in [-0.25, -0.2) is 8.78 Å². The smallest absolute Gasteiger partial charge is 0.319 e. The normalized spacial score (nSPS) is 24.8. The van der Waals surface area contributed by atoms with Crippen molar-refractivity contribution in [2.45, 2.75) is 63.1 Å². The fourth-order valence-electron chi connectivity index (χ4n) is 7.98. The minimum absolute atomic E-state index is 0.00385. The molecule has 5 heterocycles. The number of likely N-dealkylation sites (tertiary alicyclic amines) is 1. The maximum absolute atomic E-state index is 17.2. The predicted octanol–water partition coefficient (Wildman–Crippen LogP) is 6.47. The molecule has 9 nitrogen and oxygen atoms in total. The second-order valence-electron chi connectivity index (χ2n) is 12.7. The van der Waals surface area contributed by atoms with E-state index in [2.05, 4.69) is 14.8 Å². The molecule has 4 aliphatic rings. The molecule has 2 aromatic carbocycles. The Kier molecular flexibility index (Phi) is 7.19. The number of ether oxygens (including phenoxy) is 2. The van der Waals surface area contributed by atoms with Gasteiger partial charge in [0.1, 0.15) is 46.7 Å². The van der Waals surface area contributed by atoms with Crippen LogP contribution in [0.3, 0.4) is 0 Å². The van der Waals surface area contributed by atoms with Crippen LogP contribution in [0, 0.1) is 28.9 Å². The first-order valence-corrected chi connectivity index (χ1v) is 16.9. The van der Waals surface area contributed by atoms with Gasteiger partial charge < -0.3 is 20.1 Å². The van der Waals surface area contributed by atoms with Crippen LogP contribution in [-0.2, 0) is 4.79 Å². The molecule has 1 saturated carbocycles. The van der Waals surface area contributed by atoms with Crippen molar-refractivity contribution in [3.05, 3.63) is 34.4 Å². The molecule has 46 heavy (non-hydrogen) atoms. The SMILES string of the molecule is CN1CCCC1C1CCC(=O)C2CCC(C2)N2CCOc3c(Cl)c(-c4ccc(F)c5sc(N)c(C#N)c45)c(F)c4nc(nc2c34)O1. The molecule has 4 atom stereocenters. The number of nitrogens with zero attached hydrogens (tertiary/aromatic N) is 5. The zero-order chi connectivity index (χ0) is 31.9. The van der Waals surface area contributed by atoms with Crippen LogP contribution in [-0.4, -0.2) is 65.6 Å². The number of carbonyl (C=O) groups is 1. The van der Waals surface area contributed by atoms with E-state index in [-0.39, 0.29) is 90.6 Å². The molecule has 0 spiro atoms. The lowest BCUT2D eigenvalue weighted by Crippen LogP contribution is -2.41. The highest BCUT2D eigenvalue weighted by molar-refractivity contribution is 7.23. The molecule has 4 bridgehead atoms.